The molecule has 0 saturated carbocycles. The summed E-state index contributed by atoms with van der Waals surface area (Å²) in [7, 11) is 0. The van der Waals surface area contributed by atoms with Crippen LogP contribution in [-0.4, -0.2) is 27.3 Å². The summed E-state index contributed by atoms with van der Waals surface area (Å²) >= 11 is 6.49. The van der Waals surface area contributed by atoms with Gasteiger partial charge in [-0.2, -0.15) is 4.98 Å². The van der Waals surface area contributed by atoms with Gasteiger partial charge in [0.15, 0.2) is 5.82 Å². The average Bonchev–Trinajstić information content (AvgIpc) is 3.12. The quantitative estimate of drug-likeness (QED) is 0.662. The van der Waals surface area contributed by atoms with Gasteiger partial charge in [0.25, 0.3) is 0 Å². The van der Waals surface area contributed by atoms with E-state index in [-0.39, 0.29) is 6.61 Å². The Balaban J connectivity index is 1.89. The van der Waals surface area contributed by atoms with Crippen molar-refractivity contribution in [1.82, 2.24) is 14.8 Å². The van der Waals surface area contributed by atoms with Crippen molar-refractivity contribution in [3.63, 3.8) is 0 Å². The number of nitrogens with zero attached hydrogens (tertiary/aromatic N) is 3. The molecular weight excluding hydrogens is 376 g/mol. The summed E-state index contributed by atoms with van der Waals surface area (Å²) < 4.78 is 7.01. The van der Waals surface area contributed by atoms with Crippen molar-refractivity contribution in [1.29, 1.82) is 0 Å². The normalized spacial score (nSPS) is 15.8. The van der Waals surface area contributed by atoms with E-state index in [1.807, 2.05) is 55.5 Å². The molecule has 7 heteroatoms. The number of anilines is 1. The van der Waals surface area contributed by atoms with E-state index in [4.69, 9.17) is 16.3 Å². The fourth-order valence-corrected chi connectivity index (χ4v) is 3.56. The number of esters is 1. The van der Waals surface area contributed by atoms with E-state index in [9.17, 15) is 4.79 Å². The van der Waals surface area contributed by atoms with E-state index >= 15 is 0 Å². The molecule has 4 rings (SSSR count). The number of hydrogen-bond acceptors (Lipinski definition) is 5. The highest BCUT2D eigenvalue weighted by Crippen LogP contribution is 2.39. The zero-order valence-corrected chi connectivity index (χ0v) is 16.3. The maximum atomic E-state index is 12.8. The lowest BCUT2D eigenvalue weighted by Crippen LogP contribution is -2.29. The molecule has 1 aliphatic rings. The average molecular weight is 395 g/mol. The molecule has 142 valence electrons. The predicted molar refractivity (Wildman–Crippen MR) is 108 cm³/mol. The first kappa shape index (κ1) is 18.3. The van der Waals surface area contributed by atoms with E-state index in [2.05, 4.69) is 15.4 Å². The molecule has 3 aromatic rings. The van der Waals surface area contributed by atoms with Crippen molar-refractivity contribution in [3.05, 3.63) is 76.5 Å². The van der Waals surface area contributed by atoms with Crippen molar-refractivity contribution >= 4 is 23.5 Å². The molecule has 0 saturated heterocycles. The van der Waals surface area contributed by atoms with Gasteiger partial charge >= 0.3 is 5.97 Å². The van der Waals surface area contributed by atoms with Gasteiger partial charge in [-0.05, 0) is 19.9 Å². The zero-order valence-electron chi connectivity index (χ0n) is 15.5. The Morgan fingerprint density at radius 1 is 1.18 bits per heavy atom. The van der Waals surface area contributed by atoms with Crippen LogP contribution in [0.3, 0.4) is 0 Å². The number of benzene rings is 2. The number of ether oxygens (including phenoxy) is 1. The number of hydrogen-bond donors (Lipinski definition) is 1. The summed E-state index contributed by atoms with van der Waals surface area (Å²) in [6.45, 7) is 3.89. The molecule has 0 spiro atoms. The lowest BCUT2D eigenvalue weighted by atomic mass is 9.96. The van der Waals surface area contributed by atoms with Crippen molar-refractivity contribution in [2.45, 2.75) is 19.9 Å². The van der Waals surface area contributed by atoms with Gasteiger partial charge in [0, 0.05) is 21.8 Å². The van der Waals surface area contributed by atoms with E-state index in [1.54, 1.807) is 17.7 Å². The summed E-state index contributed by atoms with van der Waals surface area (Å²) in [6.07, 6.45) is 0. The lowest BCUT2D eigenvalue weighted by molar-refractivity contribution is -0.139. The Labute approximate surface area is 167 Å². The van der Waals surface area contributed by atoms with Gasteiger partial charge in [-0.3, -0.25) is 0 Å². The van der Waals surface area contributed by atoms with Crippen LogP contribution in [0.2, 0.25) is 5.02 Å². The Morgan fingerprint density at radius 3 is 2.61 bits per heavy atom. The molecule has 0 amide bonds. The van der Waals surface area contributed by atoms with Crippen LogP contribution in [0.5, 0.6) is 0 Å². The van der Waals surface area contributed by atoms with Crippen molar-refractivity contribution in [2.75, 3.05) is 11.9 Å². The van der Waals surface area contributed by atoms with Gasteiger partial charge in [-0.1, -0.05) is 60.1 Å². The Morgan fingerprint density at radius 2 is 1.89 bits per heavy atom. The van der Waals surface area contributed by atoms with Crippen LogP contribution in [0, 0.1) is 0 Å². The molecule has 28 heavy (non-hydrogen) atoms. The number of aromatic nitrogens is 3. The van der Waals surface area contributed by atoms with E-state index in [0.29, 0.717) is 28.1 Å². The molecule has 0 aliphatic carbocycles. The highest BCUT2D eigenvalue weighted by Gasteiger charge is 2.36. The molecule has 0 radical (unpaired) electrons. The lowest BCUT2D eigenvalue weighted by Gasteiger charge is -2.28. The van der Waals surface area contributed by atoms with Gasteiger partial charge in [-0.25, -0.2) is 9.48 Å². The van der Waals surface area contributed by atoms with Crippen LogP contribution < -0.4 is 5.32 Å². The monoisotopic (exact) mass is 394 g/mol. The first-order valence-electron chi connectivity index (χ1n) is 9.01. The third-order valence-electron chi connectivity index (χ3n) is 4.58. The summed E-state index contributed by atoms with van der Waals surface area (Å²) in [6, 6.07) is 16.6. The van der Waals surface area contributed by atoms with E-state index in [0.717, 1.165) is 11.1 Å². The first-order valence-corrected chi connectivity index (χ1v) is 9.39. The summed E-state index contributed by atoms with van der Waals surface area (Å²) in [4.78, 5) is 17.4. The second-order valence-corrected chi connectivity index (χ2v) is 6.79. The van der Waals surface area contributed by atoms with Crippen molar-refractivity contribution in [3.8, 4) is 11.4 Å². The maximum absolute atomic E-state index is 12.8. The molecular formula is C21H19ClN4O2. The molecule has 2 heterocycles. The molecule has 1 aromatic heterocycles. The second-order valence-electron chi connectivity index (χ2n) is 6.38. The third kappa shape index (κ3) is 3.16. The van der Waals surface area contributed by atoms with E-state index in [1.165, 1.54) is 0 Å². The maximum Gasteiger partial charge on any atom is 0.338 e. The van der Waals surface area contributed by atoms with Crippen LogP contribution in [0.25, 0.3) is 11.4 Å². The van der Waals surface area contributed by atoms with Gasteiger partial charge in [-0.15, -0.1) is 5.10 Å². The largest absolute Gasteiger partial charge is 0.463 e. The van der Waals surface area contributed by atoms with Gasteiger partial charge in [0.1, 0.15) is 6.04 Å². The minimum absolute atomic E-state index is 0.282. The minimum atomic E-state index is -0.533. The van der Waals surface area contributed by atoms with Crippen LogP contribution >= 0.6 is 11.6 Å². The van der Waals surface area contributed by atoms with Crippen LogP contribution in [0.15, 0.2) is 65.9 Å². The van der Waals surface area contributed by atoms with Crippen LogP contribution in [0.4, 0.5) is 5.95 Å². The van der Waals surface area contributed by atoms with Crippen LogP contribution in [-0.2, 0) is 9.53 Å². The fourth-order valence-electron chi connectivity index (χ4n) is 3.32. The molecule has 1 N–H and O–H groups in total. The van der Waals surface area contributed by atoms with Crippen LogP contribution in [0.1, 0.15) is 25.5 Å². The molecule has 1 atom stereocenters. The molecule has 1 unspecified atom stereocenters. The Bertz CT molecular complexity index is 1060. The third-order valence-corrected chi connectivity index (χ3v) is 4.92. The highest BCUT2D eigenvalue weighted by atomic mass is 35.5. The second kappa shape index (κ2) is 7.48. The number of halogens is 1. The molecule has 2 aromatic carbocycles. The molecule has 6 nitrogen and oxygen atoms in total. The number of nitrogens with one attached hydrogen (secondary N) is 1. The molecule has 1 aliphatic heterocycles. The smallest absolute Gasteiger partial charge is 0.338 e. The standard InChI is InChI=1S/C21H19ClN4O2/c1-3-28-20(27)17-13(2)23-21-24-19(14-9-5-4-6-10-14)25-26(21)18(17)15-11-7-8-12-16(15)22/h4-12,18H,3H2,1-2H3,(H,23,24,25). The summed E-state index contributed by atoms with van der Waals surface area (Å²) in [5.41, 5.74) is 2.79. The SMILES string of the molecule is CCOC(=O)C1=C(C)Nc2nc(-c3ccccc3)nn2C1c1ccccc1Cl. The molecule has 0 bridgehead atoms. The van der Waals surface area contributed by atoms with Gasteiger partial charge in [0.2, 0.25) is 5.95 Å². The van der Waals surface area contributed by atoms with Crippen molar-refractivity contribution < 1.29 is 9.53 Å². The number of carbonyl (C=O) groups is 1. The topological polar surface area (TPSA) is 69.0 Å². The Hall–Kier alpha value is -3.12. The van der Waals surface area contributed by atoms with Gasteiger partial charge in [0.05, 0.1) is 12.2 Å². The predicted octanol–water partition coefficient (Wildman–Crippen LogP) is 4.45. The van der Waals surface area contributed by atoms with Gasteiger partial charge < -0.3 is 10.1 Å². The number of allylic oxidation sites excluding steroid dienone is 1. The zero-order chi connectivity index (χ0) is 19.7. The number of fused-ring (bicyclic) bond motifs is 1. The Kier molecular flexibility index (Phi) is 4.88. The van der Waals surface area contributed by atoms with Crippen molar-refractivity contribution in [2.24, 2.45) is 0 Å². The first-order chi connectivity index (χ1) is 13.6. The number of carbonyl (C=O) groups excluding carboxylic acids is 1. The summed E-state index contributed by atoms with van der Waals surface area (Å²) in [5.74, 6) is 0.715. The molecule has 0 fully saturated rings. The highest BCUT2D eigenvalue weighted by molar-refractivity contribution is 6.31. The number of rotatable bonds is 4. The summed E-state index contributed by atoms with van der Waals surface area (Å²) in [5, 5.41) is 8.42. The minimum Gasteiger partial charge on any atom is -0.463 e. The van der Waals surface area contributed by atoms with E-state index < -0.39 is 12.0 Å². The fraction of sp³-hybridized carbons (Fsp3) is 0.190.